The van der Waals surface area contributed by atoms with E-state index in [-0.39, 0.29) is 93.2 Å². The molecule has 244 valence electrons. The van der Waals surface area contributed by atoms with Crippen LogP contribution in [0.4, 0.5) is 22.7 Å². The molecule has 2 N–H and O–H groups in total. The van der Waals surface area contributed by atoms with Crippen molar-refractivity contribution < 1.29 is 36.2 Å². The number of rotatable bonds is 6. The van der Waals surface area contributed by atoms with Crippen LogP contribution in [0.15, 0.2) is 139 Å². The summed E-state index contributed by atoms with van der Waals surface area (Å²) < 4.78 is 66.0. The van der Waals surface area contributed by atoms with Gasteiger partial charge in [0.25, 0.3) is 10.1 Å². The fraction of sp³-hybridized carbons (Fsp3) is 0. The van der Waals surface area contributed by atoms with Gasteiger partial charge in [-0.25, -0.2) is 8.42 Å². The van der Waals surface area contributed by atoms with E-state index in [2.05, 4.69) is 20.5 Å². The summed E-state index contributed by atoms with van der Waals surface area (Å²) in [6.45, 7) is 0. The van der Waals surface area contributed by atoms with Crippen LogP contribution in [-0.2, 0) is 20.2 Å². The van der Waals surface area contributed by atoms with Gasteiger partial charge < -0.3 is 14.8 Å². The van der Waals surface area contributed by atoms with Crippen LogP contribution in [0.1, 0.15) is 0 Å². The van der Waals surface area contributed by atoms with Gasteiger partial charge in [0.15, 0.2) is 0 Å². The van der Waals surface area contributed by atoms with Gasteiger partial charge in [-0.15, -0.1) is 15.3 Å². The number of benzene rings is 6. The first kappa shape index (κ1) is 38.4. The third-order valence-electron chi connectivity index (χ3n) is 6.65. The van der Waals surface area contributed by atoms with Crippen LogP contribution in [0.5, 0.6) is 11.5 Å². The number of hydrogen-bond acceptors (Lipinski definition) is 11. The summed E-state index contributed by atoms with van der Waals surface area (Å²) in [5, 5.41) is 40.8. The number of fused-ring (bicyclic) bond motifs is 2. The molecule has 6 aromatic carbocycles. The van der Waals surface area contributed by atoms with Crippen molar-refractivity contribution in [3.8, 4) is 11.5 Å². The maximum absolute atomic E-state index is 12.0. The van der Waals surface area contributed by atoms with E-state index in [0.717, 1.165) is 22.9 Å². The van der Waals surface area contributed by atoms with E-state index in [1.807, 2.05) is 18.2 Å². The summed E-state index contributed by atoms with van der Waals surface area (Å²) >= 11 is 11.7. The SMILES string of the molecule is O=S(=O)(O)c1ccc(Cl)cc1N=Nc1c(O)ccc2ccccc12.O=S(=O)([O-])c1ccc(Cl)cc1N=Nc1c([O-])ccc2ccccc12.[Ba+2]. The van der Waals surface area contributed by atoms with Crippen LogP contribution in [0.2, 0.25) is 10.0 Å². The molecule has 12 nitrogen and oxygen atoms in total. The number of hydrogen-bond donors (Lipinski definition) is 2. The van der Waals surface area contributed by atoms with Gasteiger partial charge in [-0.2, -0.15) is 13.5 Å². The Labute approximate surface area is 330 Å². The first-order valence-corrected chi connectivity index (χ1v) is 17.1. The standard InChI is InChI=1S/2C16H11ClN2O4S.Ba/c2*17-11-6-8-15(24(21,22)23)13(9-11)18-19-16-12-4-2-1-3-10(12)5-7-14(16)20;/h2*1-9,20H,(H,21,22,23);/q;;+2/p-2. The Morgan fingerprint density at radius 2 is 1.06 bits per heavy atom. The van der Waals surface area contributed by atoms with Crippen molar-refractivity contribution in [1.29, 1.82) is 0 Å². The van der Waals surface area contributed by atoms with E-state index >= 15 is 0 Å². The van der Waals surface area contributed by atoms with Crippen LogP contribution < -0.4 is 5.11 Å². The fourth-order valence-electron chi connectivity index (χ4n) is 4.46. The zero-order valence-electron chi connectivity index (χ0n) is 24.8. The predicted molar refractivity (Wildman–Crippen MR) is 184 cm³/mol. The Morgan fingerprint density at radius 3 is 1.61 bits per heavy atom. The van der Waals surface area contributed by atoms with Gasteiger partial charge in [-0.05, 0) is 53.2 Å². The summed E-state index contributed by atoms with van der Waals surface area (Å²) in [5.41, 5.74) is -0.0983. The first-order chi connectivity index (χ1) is 22.7. The van der Waals surface area contributed by atoms with Crippen molar-refractivity contribution in [2.75, 3.05) is 0 Å². The zero-order valence-corrected chi connectivity index (χ0v) is 32.4. The van der Waals surface area contributed by atoms with Crippen LogP contribution in [0.25, 0.3) is 21.5 Å². The molecule has 0 aliphatic rings. The average molecular weight is 861 g/mol. The third kappa shape index (κ3) is 9.44. The Bertz CT molecular complexity index is 2310. The minimum atomic E-state index is -4.75. The van der Waals surface area contributed by atoms with Crippen LogP contribution in [0.3, 0.4) is 0 Å². The van der Waals surface area contributed by atoms with Crippen molar-refractivity contribution >= 4 is 137 Å². The normalized spacial score (nSPS) is 11.8. The molecule has 0 bridgehead atoms. The quantitative estimate of drug-likeness (QED) is 0.0944. The van der Waals surface area contributed by atoms with Crippen molar-refractivity contribution in [3.05, 3.63) is 119 Å². The van der Waals surface area contributed by atoms with Crippen LogP contribution >= 0.6 is 23.2 Å². The molecule has 0 fully saturated rings. The fourth-order valence-corrected chi connectivity index (χ4v) is 5.99. The average Bonchev–Trinajstić information content (AvgIpc) is 3.03. The maximum Gasteiger partial charge on any atom is 2.00 e. The van der Waals surface area contributed by atoms with Crippen LogP contribution in [-0.4, -0.2) is 79.9 Å². The number of halogens is 2. The maximum atomic E-state index is 12.0. The molecule has 0 aliphatic carbocycles. The molecule has 0 aliphatic heterocycles. The predicted octanol–water partition coefficient (Wildman–Crippen LogP) is 8.37. The second-order valence-electron chi connectivity index (χ2n) is 9.84. The Kier molecular flexibility index (Phi) is 12.6. The van der Waals surface area contributed by atoms with E-state index in [1.165, 1.54) is 36.4 Å². The molecule has 0 spiro atoms. The molecule has 49 heavy (non-hydrogen) atoms. The Hall–Kier alpha value is -3.39. The van der Waals surface area contributed by atoms with Gasteiger partial charge in [-0.3, -0.25) is 4.55 Å². The first-order valence-electron chi connectivity index (χ1n) is 13.5. The summed E-state index contributed by atoms with van der Waals surface area (Å²) in [5.74, 6) is -0.473. The number of azo groups is 2. The number of phenols is 1. The monoisotopic (exact) mass is 860 g/mol. The second-order valence-corrected chi connectivity index (χ2v) is 13.5. The minimum absolute atomic E-state index is 0. The Balaban J connectivity index is 0.000000216. The summed E-state index contributed by atoms with van der Waals surface area (Å²) in [4.78, 5) is -0.973. The topological polar surface area (TPSA) is 204 Å². The largest absolute Gasteiger partial charge is 2.00 e. The van der Waals surface area contributed by atoms with Crippen molar-refractivity contribution in [1.82, 2.24) is 0 Å². The van der Waals surface area contributed by atoms with Crippen molar-refractivity contribution in [2.45, 2.75) is 9.79 Å². The minimum Gasteiger partial charge on any atom is -0.871 e. The number of aromatic hydroxyl groups is 1. The molecule has 6 aromatic rings. The molecule has 0 aromatic heterocycles. The summed E-state index contributed by atoms with van der Waals surface area (Å²) in [7, 11) is -9.23. The van der Waals surface area contributed by atoms with Crippen LogP contribution in [0, 0.1) is 0 Å². The van der Waals surface area contributed by atoms with Gasteiger partial charge in [0.1, 0.15) is 37.8 Å². The third-order valence-corrected chi connectivity index (χ3v) is 8.90. The van der Waals surface area contributed by atoms with Gasteiger partial charge in [0.2, 0.25) is 0 Å². The molecule has 0 saturated carbocycles. The molecule has 0 unspecified atom stereocenters. The molecule has 0 saturated heterocycles. The molecule has 0 amide bonds. The van der Waals surface area contributed by atoms with Crippen molar-refractivity contribution in [3.63, 3.8) is 0 Å². The smallest absolute Gasteiger partial charge is 0.871 e. The number of nitrogens with zero attached hydrogens (tertiary/aromatic N) is 4. The van der Waals surface area contributed by atoms with Crippen molar-refractivity contribution in [2.24, 2.45) is 20.5 Å². The summed E-state index contributed by atoms with van der Waals surface area (Å²) in [6.07, 6.45) is 0. The molecule has 0 atom stereocenters. The Morgan fingerprint density at radius 1 is 0.592 bits per heavy atom. The molecule has 6 rings (SSSR count). The van der Waals surface area contributed by atoms with E-state index in [9.17, 15) is 36.2 Å². The van der Waals surface area contributed by atoms with E-state index in [4.69, 9.17) is 23.2 Å². The zero-order chi connectivity index (χ0) is 34.6. The molecule has 17 heteroatoms. The van der Waals surface area contributed by atoms with Gasteiger partial charge >= 0.3 is 48.9 Å². The molecular formula is C32H20BaCl2N4O8S2. The van der Waals surface area contributed by atoms with E-state index in [1.54, 1.807) is 42.5 Å². The van der Waals surface area contributed by atoms with Gasteiger partial charge in [0, 0.05) is 20.8 Å². The molecule has 0 radical (unpaired) electrons. The van der Waals surface area contributed by atoms with E-state index < -0.39 is 30.0 Å². The summed E-state index contributed by atoms with van der Waals surface area (Å²) in [6, 6.07) is 27.7. The van der Waals surface area contributed by atoms with Gasteiger partial charge in [-0.1, -0.05) is 95.7 Å². The van der Waals surface area contributed by atoms with E-state index in [0.29, 0.717) is 10.8 Å². The van der Waals surface area contributed by atoms with Gasteiger partial charge in [0.05, 0.1) is 10.6 Å². The molecule has 0 heterocycles. The molecular weight excluding hydrogens is 841 g/mol. The number of phenolic OH excluding ortho intramolecular Hbond substituents is 1. The second kappa shape index (κ2) is 16.1.